The van der Waals surface area contributed by atoms with E-state index in [9.17, 15) is 18.4 Å². The molecule has 5 nitrogen and oxygen atoms in total. The van der Waals surface area contributed by atoms with Crippen LogP contribution in [0.15, 0.2) is 42.5 Å². The average molecular weight is 369 g/mol. The lowest BCUT2D eigenvalue weighted by Crippen LogP contribution is -3.11. The second-order valence-electron chi connectivity index (χ2n) is 5.55. The van der Waals surface area contributed by atoms with Crippen LogP contribution in [0.1, 0.15) is 0 Å². The molecule has 0 spiro atoms. The van der Waals surface area contributed by atoms with Gasteiger partial charge in [0.2, 0.25) is 0 Å². The molecular weight excluding hydrogens is 352 g/mol. The van der Waals surface area contributed by atoms with E-state index in [0.717, 1.165) is 6.07 Å². The van der Waals surface area contributed by atoms with Crippen molar-refractivity contribution in [2.45, 2.75) is 0 Å². The van der Waals surface area contributed by atoms with Gasteiger partial charge >= 0.3 is 0 Å². The Morgan fingerprint density at radius 1 is 1.00 bits per heavy atom. The molecule has 0 heterocycles. The van der Waals surface area contributed by atoms with Crippen molar-refractivity contribution in [3.05, 3.63) is 59.1 Å². The Bertz CT molecular complexity index is 786. The number of hydrogen-bond acceptors (Lipinski definition) is 2. The molecule has 0 aliphatic heterocycles. The lowest BCUT2D eigenvalue weighted by atomic mass is 10.3. The van der Waals surface area contributed by atoms with Crippen molar-refractivity contribution < 1.29 is 23.3 Å². The van der Waals surface area contributed by atoms with Gasteiger partial charge in [-0.2, -0.15) is 0 Å². The topological polar surface area (TPSA) is 62.6 Å². The number of carbonyl (C=O) groups excluding carboxylic acids is 2. The number of benzene rings is 2. The standard InChI is InChI=1S/C17H16ClF2N3O2/c1-23(9-16(24)21-12-4-2-3-11(19)7-12)10-17(25)22-13-5-6-15(20)14(18)8-13/h2-8H,9-10H2,1H3,(H,21,24)(H,22,25)/p+1. The summed E-state index contributed by atoms with van der Waals surface area (Å²) in [7, 11) is 1.67. The largest absolute Gasteiger partial charge is 0.322 e. The molecule has 3 N–H and O–H groups in total. The number of hydrogen-bond donors (Lipinski definition) is 3. The van der Waals surface area contributed by atoms with Gasteiger partial charge in [-0.1, -0.05) is 17.7 Å². The Kier molecular flexibility index (Phi) is 6.44. The summed E-state index contributed by atoms with van der Waals surface area (Å²) in [5.41, 5.74) is 0.719. The van der Waals surface area contributed by atoms with E-state index in [1.807, 2.05) is 0 Å². The summed E-state index contributed by atoms with van der Waals surface area (Å²) in [5, 5.41) is 5.05. The Labute approximate surface area is 148 Å². The van der Waals surface area contributed by atoms with Gasteiger partial charge in [-0.15, -0.1) is 0 Å². The molecule has 2 amide bonds. The molecule has 0 bridgehead atoms. The summed E-state index contributed by atoms with van der Waals surface area (Å²) in [4.78, 5) is 24.5. The van der Waals surface area contributed by atoms with Gasteiger partial charge in [-0.25, -0.2) is 8.78 Å². The van der Waals surface area contributed by atoms with Gasteiger partial charge in [-0.05, 0) is 36.4 Å². The van der Waals surface area contributed by atoms with Gasteiger partial charge in [0.1, 0.15) is 11.6 Å². The smallest absolute Gasteiger partial charge is 0.279 e. The van der Waals surface area contributed by atoms with Crippen molar-refractivity contribution in [1.29, 1.82) is 0 Å². The van der Waals surface area contributed by atoms with Gasteiger partial charge in [0.05, 0.1) is 12.1 Å². The van der Waals surface area contributed by atoms with E-state index in [1.165, 1.54) is 30.3 Å². The molecule has 1 unspecified atom stereocenters. The number of anilines is 2. The lowest BCUT2D eigenvalue weighted by Gasteiger charge is -2.14. The van der Waals surface area contributed by atoms with Gasteiger partial charge < -0.3 is 15.5 Å². The third-order valence-electron chi connectivity index (χ3n) is 3.24. The summed E-state index contributed by atoms with van der Waals surface area (Å²) in [5.74, 6) is -1.72. The lowest BCUT2D eigenvalue weighted by molar-refractivity contribution is -0.862. The summed E-state index contributed by atoms with van der Waals surface area (Å²) in [6.07, 6.45) is 0. The Morgan fingerprint density at radius 3 is 2.16 bits per heavy atom. The molecule has 132 valence electrons. The Morgan fingerprint density at radius 2 is 1.60 bits per heavy atom. The molecule has 8 heteroatoms. The fourth-order valence-electron chi connectivity index (χ4n) is 2.16. The zero-order valence-corrected chi connectivity index (χ0v) is 14.2. The van der Waals surface area contributed by atoms with Crippen LogP contribution in [0, 0.1) is 11.6 Å². The minimum absolute atomic E-state index is 0.0194. The van der Waals surface area contributed by atoms with E-state index in [0.29, 0.717) is 16.3 Å². The molecule has 0 radical (unpaired) electrons. The maximum atomic E-state index is 13.1. The first kappa shape index (κ1) is 18.8. The third kappa shape index (κ3) is 6.13. The quantitative estimate of drug-likeness (QED) is 0.727. The number of rotatable bonds is 6. The van der Waals surface area contributed by atoms with Gasteiger partial charge in [0.15, 0.2) is 13.1 Å². The van der Waals surface area contributed by atoms with Crippen molar-refractivity contribution in [3.8, 4) is 0 Å². The number of quaternary nitrogens is 1. The zero-order chi connectivity index (χ0) is 18.4. The highest BCUT2D eigenvalue weighted by Gasteiger charge is 2.15. The first-order chi connectivity index (χ1) is 11.8. The highest BCUT2D eigenvalue weighted by Crippen LogP contribution is 2.19. The highest BCUT2D eigenvalue weighted by molar-refractivity contribution is 6.31. The maximum Gasteiger partial charge on any atom is 0.279 e. The number of carbonyl (C=O) groups is 2. The second-order valence-corrected chi connectivity index (χ2v) is 5.95. The van der Waals surface area contributed by atoms with Crippen LogP contribution >= 0.6 is 11.6 Å². The fourth-order valence-corrected chi connectivity index (χ4v) is 2.34. The zero-order valence-electron chi connectivity index (χ0n) is 13.4. The molecule has 0 saturated carbocycles. The second kappa shape index (κ2) is 8.55. The van der Waals surface area contributed by atoms with Crippen LogP contribution in [0.3, 0.4) is 0 Å². The Balaban J connectivity index is 1.82. The normalized spacial score (nSPS) is 11.7. The van der Waals surface area contributed by atoms with E-state index in [4.69, 9.17) is 11.6 Å². The van der Waals surface area contributed by atoms with Crippen molar-refractivity contribution in [2.24, 2.45) is 0 Å². The summed E-state index contributed by atoms with van der Waals surface area (Å²) < 4.78 is 26.1. The van der Waals surface area contributed by atoms with Crippen LogP contribution in [-0.4, -0.2) is 32.0 Å². The summed E-state index contributed by atoms with van der Waals surface area (Å²) in [6.45, 7) is 0.0413. The predicted molar refractivity (Wildman–Crippen MR) is 91.7 cm³/mol. The van der Waals surface area contributed by atoms with Crippen molar-refractivity contribution in [2.75, 3.05) is 30.8 Å². The molecule has 2 aromatic carbocycles. The van der Waals surface area contributed by atoms with E-state index >= 15 is 0 Å². The van der Waals surface area contributed by atoms with Crippen molar-refractivity contribution >= 4 is 34.8 Å². The van der Waals surface area contributed by atoms with Crippen LogP contribution in [0.5, 0.6) is 0 Å². The molecule has 0 aromatic heterocycles. The van der Waals surface area contributed by atoms with Crippen LogP contribution in [0.2, 0.25) is 5.02 Å². The first-order valence-corrected chi connectivity index (χ1v) is 7.83. The molecule has 0 fully saturated rings. The molecule has 1 atom stereocenters. The van der Waals surface area contributed by atoms with Crippen molar-refractivity contribution in [3.63, 3.8) is 0 Å². The fraction of sp³-hybridized carbons (Fsp3) is 0.176. The third-order valence-corrected chi connectivity index (χ3v) is 3.53. The minimum atomic E-state index is -0.573. The van der Waals surface area contributed by atoms with Crippen molar-refractivity contribution in [1.82, 2.24) is 0 Å². The SMILES string of the molecule is C[NH+](CC(=O)Nc1cccc(F)c1)CC(=O)Nc1ccc(F)c(Cl)c1. The van der Waals surface area contributed by atoms with Crippen LogP contribution < -0.4 is 15.5 Å². The van der Waals surface area contributed by atoms with Crippen LogP contribution in [0.4, 0.5) is 20.2 Å². The van der Waals surface area contributed by atoms with Crippen LogP contribution in [0.25, 0.3) is 0 Å². The minimum Gasteiger partial charge on any atom is -0.322 e. The molecule has 2 rings (SSSR count). The van der Waals surface area contributed by atoms with E-state index in [2.05, 4.69) is 10.6 Å². The number of amides is 2. The van der Waals surface area contributed by atoms with E-state index < -0.39 is 11.6 Å². The molecule has 0 aliphatic carbocycles. The average Bonchev–Trinajstić information content (AvgIpc) is 2.50. The molecular formula is C17H17ClF2N3O2+. The van der Waals surface area contributed by atoms with Gasteiger partial charge in [-0.3, -0.25) is 9.59 Å². The van der Waals surface area contributed by atoms with Crippen LogP contribution in [-0.2, 0) is 9.59 Å². The van der Waals surface area contributed by atoms with Gasteiger partial charge in [0.25, 0.3) is 11.8 Å². The highest BCUT2D eigenvalue weighted by atomic mass is 35.5. The van der Waals surface area contributed by atoms with E-state index in [-0.39, 0.29) is 29.9 Å². The Hall–Kier alpha value is -2.51. The summed E-state index contributed by atoms with van der Waals surface area (Å²) in [6, 6.07) is 9.40. The predicted octanol–water partition coefficient (Wildman–Crippen LogP) is 1.71. The first-order valence-electron chi connectivity index (χ1n) is 7.45. The number of halogens is 3. The molecule has 0 saturated heterocycles. The summed E-state index contributed by atoms with van der Waals surface area (Å²) >= 11 is 5.65. The number of likely N-dealkylation sites (N-methyl/N-ethyl adjacent to an activating group) is 1. The van der Waals surface area contributed by atoms with E-state index in [1.54, 1.807) is 13.1 Å². The van der Waals surface area contributed by atoms with Gasteiger partial charge in [0, 0.05) is 11.4 Å². The monoisotopic (exact) mass is 368 g/mol. The molecule has 2 aromatic rings. The molecule has 25 heavy (non-hydrogen) atoms. The maximum absolute atomic E-state index is 13.1. The molecule has 0 aliphatic rings. The number of nitrogens with one attached hydrogen (secondary N) is 3.